The monoisotopic (exact) mass is 647 g/mol. The molecule has 48 heavy (non-hydrogen) atoms. The molecule has 0 saturated heterocycles. The Labute approximate surface area is 281 Å². The minimum absolute atomic E-state index is 0.917. The van der Waals surface area contributed by atoms with Gasteiger partial charge in [0.1, 0.15) is 19.2 Å². The normalized spacial score (nSPS) is 14.8. The first-order valence-electron chi connectivity index (χ1n) is 16.8. The number of rotatable bonds is 3. The average molecular weight is 648 g/mol. The van der Waals surface area contributed by atoms with Crippen molar-refractivity contribution in [3.05, 3.63) is 164 Å². The molecule has 7 aromatic carbocycles. The van der Waals surface area contributed by atoms with Crippen molar-refractivity contribution in [1.29, 1.82) is 0 Å². The predicted molar refractivity (Wildman–Crippen MR) is 208 cm³/mol. The summed E-state index contributed by atoms with van der Waals surface area (Å²) in [7, 11) is -4.64. The Morgan fingerprint density at radius 1 is 0.417 bits per heavy atom. The maximum Gasteiger partial charge on any atom is 0.179 e. The SMILES string of the molecule is C[Si]1(C)c2ccccc2[Si](c2ccccc2)(c2ccc3oc4ccc(-n5c6ccccc6c6ccccc65)cc4c3c2)c2ccccc21. The van der Waals surface area contributed by atoms with Gasteiger partial charge in [0.15, 0.2) is 8.07 Å². The fourth-order valence-electron chi connectivity index (χ4n) is 8.82. The number of nitrogens with zero attached hydrogens (tertiary/aromatic N) is 1. The van der Waals surface area contributed by atoms with Crippen LogP contribution in [0.4, 0.5) is 0 Å². The largest absolute Gasteiger partial charge is 0.456 e. The molecule has 0 spiro atoms. The third kappa shape index (κ3) is 3.62. The number of hydrogen-bond donors (Lipinski definition) is 0. The summed E-state index contributed by atoms with van der Waals surface area (Å²) < 4.78 is 8.96. The summed E-state index contributed by atoms with van der Waals surface area (Å²) >= 11 is 0. The standard InChI is InChI=1S/C44H33NOSi2/c1-47(2)41-20-10-12-22-43(41)48(31-14-4-3-5-15-31,44-23-13-11-21-42(44)47)32-25-27-40-36(29-32)35-28-30(24-26-39(35)46-40)45-37-18-8-6-16-33(37)34-17-7-9-19-38(34)45/h3-29H,1-2H3. The minimum Gasteiger partial charge on any atom is -0.456 e. The van der Waals surface area contributed by atoms with Gasteiger partial charge in [0.25, 0.3) is 0 Å². The van der Waals surface area contributed by atoms with E-state index in [1.807, 2.05) is 0 Å². The van der Waals surface area contributed by atoms with Crippen LogP contribution in [0.3, 0.4) is 0 Å². The molecular formula is C44H33NOSi2. The molecule has 0 amide bonds. The molecule has 0 N–H and O–H groups in total. The predicted octanol–water partition coefficient (Wildman–Crippen LogP) is 7.20. The summed E-state index contributed by atoms with van der Waals surface area (Å²) in [5.74, 6) is 0. The molecule has 0 fully saturated rings. The lowest BCUT2D eigenvalue weighted by molar-refractivity contribution is 0.669. The van der Waals surface area contributed by atoms with E-state index < -0.39 is 16.1 Å². The van der Waals surface area contributed by atoms with Gasteiger partial charge >= 0.3 is 0 Å². The summed E-state index contributed by atoms with van der Waals surface area (Å²) in [6, 6.07) is 61.2. The fourth-order valence-corrected chi connectivity index (χ4v) is 19.6. The fraction of sp³-hybridized carbons (Fsp3) is 0.0455. The number of para-hydroxylation sites is 2. The van der Waals surface area contributed by atoms with Crippen LogP contribution in [0.5, 0.6) is 0 Å². The van der Waals surface area contributed by atoms with Gasteiger partial charge in [-0.2, -0.15) is 0 Å². The topological polar surface area (TPSA) is 18.1 Å². The van der Waals surface area contributed by atoms with E-state index in [-0.39, 0.29) is 0 Å². The van der Waals surface area contributed by atoms with Crippen molar-refractivity contribution in [1.82, 2.24) is 4.57 Å². The van der Waals surface area contributed by atoms with Crippen molar-refractivity contribution in [2.75, 3.05) is 0 Å². The molecule has 0 atom stereocenters. The number of fused-ring (bicyclic) bond motifs is 8. The summed E-state index contributed by atoms with van der Waals surface area (Å²) in [6.45, 7) is 5.05. The highest BCUT2D eigenvalue weighted by Gasteiger charge is 2.51. The van der Waals surface area contributed by atoms with Gasteiger partial charge in [0, 0.05) is 27.2 Å². The molecule has 0 saturated carbocycles. The minimum atomic E-state index is -2.69. The number of hydrogen-bond acceptors (Lipinski definition) is 1. The van der Waals surface area contributed by atoms with E-state index in [2.05, 4.69) is 181 Å². The molecule has 9 aromatic rings. The van der Waals surface area contributed by atoms with Crippen LogP contribution < -0.4 is 31.1 Å². The Hall–Kier alpha value is -5.43. The van der Waals surface area contributed by atoms with Gasteiger partial charge < -0.3 is 8.98 Å². The summed E-state index contributed by atoms with van der Waals surface area (Å²) in [5, 5.41) is 13.9. The second-order valence-corrected chi connectivity index (χ2v) is 21.8. The summed E-state index contributed by atoms with van der Waals surface area (Å²) in [6.07, 6.45) is 0. The molecule has 1 aliphatic rings. The molecule has 228 valence electrons. The third-order valence-electron chi connectivity index (χ3n) is 10.9. The van der Waals surface area contributed by atoms with Crippen molar-refractivity contribution in [3.8, 4) is 5.69 Å². The molecule has 0 radical (unpaired) electrons. The van der Waals surface area contributed by atoms with Crippen molar-refractivity contribution >= 4 is 91.0 Å². The Bertz CT molecular complexity index is 2610. The molecule has 1 aliphatic heterocycles. The van der Waals surface area contributed by atoms with E-state index in [1.165, 1.54) is 47.9 Å². The number of aromatic nitrogens is 1. The van der Waals surface area contributed by atoms with Crippen LogP contribution in [0.1, 0.15) is 0 Å². The second-order valence-electron chi connectivity index (χ2n) is 13.7. The number of benzene rings is 7. The van der Waals surface area contributed by atoms with Gasteiger partial charge in [-0.05, 0) is 57.1 Å². The Morgan fingerprint density at radius 3 is 1.54 bits per heavy atom. The van der Waals surface area contributed by atoms with Crippen molar-refractivity contribution in [2.45, 2.75) is 13.1 Å². The molecule has 0 unspecified atom stereocenters. The summed E-state index contributed by atoms with van der Waals surface area (Å²) in [4.78, 5) is 0. The van der Waals surface area contributed by atoms with E-state index in [1.54, 1.807) is 10.4 Å². The van der Waals surface area contributed by atoms with Crippen LogP contribution >= 0.6 is 0 Å². The molecule has 2 aromatic heterocycles. The van der Waals surface area contributed by atoms with Crippen LogP contribution in [-0.4, -0.2) is 20.7 Å². The van der Waals surface area contributed by atoms with Gasteiger partial charge in [0.2, 0.25) is 0 Å². The average Bonchev–Trinajstić information content (AvgIpc) is 3.68. The van der Waals surface area contributed by atoms with E-state index in [9.17, 15) is 0 Å². The van der Waals surface area contributed by atoms with E-state index in [4.69, 9.17) is 4.42 Å². The Kier molecular flexibility index (Phi) is 5.79. The molecule has 4 heteroatoms. The van der Waals surface area contributed by atoms with Gasteiger partial charge in [-0.1, -0.05) is 151 Å². The van der Waals surface area contributed by atoms with E-state index >= 15 is 0 Å². The molecular weight excluding hydrogens is 615 g/mol. The quantitative estimate of drug-likeness (QED) is 0.186. The number of furan rings is 1. The zero-order valence-corrected chi connectivity index (χ0v) is 28.9. The van der Waals surface area contributed by atoms with E-state index in [0.717, 1.165) is 22.2 Å². The first-order chi connectivity index (χ1) is 23.6. The first kappa shape index (κ1) is 27.7. The Morgan fingerprint density at radius 2 is 0.917 bits per heavy atom. The lowest BCUT2D eigenvalue weighted by atomic mass is 10.1. The molecule has 0 bridgehead atoms. The highest BCUT2D eigenvalue weighted by molar-refractivity contribution is 7.27. The van der Waals surface area contributed by atoms with Crippen molar-refractivity contribution < 1.29 is 4.42 Å². The smallest absolute Gasteiger partial charge is 0.179 e. The van der Waals surface area contributed by atoms with Crippen LogP contribution in [0, 0.1) is 0 Å². The molecule has 0 aliphatic carbocycles. The van der Waals surface area contributed by atoms with Crippen LogP contribution in [0.2, 0.25) is 13.1 Å². The maximum absolute atomic E-state index is 6.57. The lowest BCUT2D eigenvalue weighted by Crippen LogP contribution is -2.87. The summed E-state index contributed by atoms with van der Waals surface area (Å²) in [5.41, 5.74) is 5.41. The molecule has 3 heterocycles. The van der Waals surface area contributed by atoms with Gasteiger partial charge in [0.05, 0.1) is 11.0 Å². The van der Waals surface area contributed by atoms with Gasteiger partial charge in [-0.25, -0.2) is 0 Å². The van der Waals surface area contributed by atoms with Crippen LogP contribution in [-0.2, 0) is 0 Å². The third-order valence-corrected chi connectivity index (χ3v) is 19.9. The van der Waals surface area contributed by atoms with E-state index in [0.29, 0.717) is 0 Å². The van der Waals surface area contributed by atoms with Crippen LogP contribution in [0.25, 0.3) is 49.4 Å². The second kappa shape index (κ2) is 10.0. The van der Waals surface area contributed by atoms with Gasteiger partial charge in [-0.15, -0.1) is 0 Å². The maximum atomic E-state index is 6.57. The molecule has 10 rings (SSSR count). The van der Waals surface area contributed by atoms with Crippen LogP contribution in [0.15, 0.2) is 168 Å². The van der Waals surface area contributed by atoms with Crippen molar-refractivity contribution in [3.63, 3.8) is 0 Å². The Balaban J connectivity index is 1.29. The van der Waals surface area contributed by atoms with Crippen molar-refractivity contribution in [2.24, 2.45) is 0 Å². The lowest BCUT2D eigenvalue weighted by Gasteiger charge is -2.45. The first-order valence-corrected chi connectivity index (χ1v) is 21.8. The highest BCUT2D eigenvalue weighted by Crippen LogP contribution is 2.35. The highest BCUT2D eigenvalue weighted by atomic mass is 28.3. The zero-order valence-electron chi connectivity index (χ0n) is 26.9. The van der Waals surface area contributed by atoms with Gasteiger partial charge in [-0.3, -0.25) is 0 Å². The zero-order chi connectivity index (χ0) is 32.0. The molecule has 2 nitrogen and oxygen atoms in total.